The molecule has 0 aliphatic carbocycles. The molecule has 4 nitrogen and oxygen atoms in total. The highest BCUT2D eigenvalue weighted by molar-refractivity contribution is 6.74. The van der Waals surface area contributed by atoms with Gasteiger partial charge < -0.3 is 14.1 Å². The summed E-state index contributed by atoms with van der Waals surface area (Å²) in [6, 6.07) is 3.07. The number of hydrogen-bond acceptors (Lipinski definition) is 4. The summed E-state index contributed by atoms with van der Waals surface area (Å²) in [5.74, 6) is 0.109. The van der Waals surface area contributed by atoms with Gasteiger partial charge in [0.25, 0.3) is 8.32 Å². The van der Waals surface area contributed by atoms with E-state index >= 15 is 0 Å². The summed E-state index contributed by atoms with van der Waals surface area (Å²) in [6.45, 7) is 10.7. The van der Waals surface area contributed by atoms with Crippen LogP contribution in [0.1, 0.15) is 40.5 Å². The molecule has 0 bridgehead atoms. The van der Waals surface area contributed by atoms with Crippen LogP contribution in [0.4, 0.5) is 0 Å². The molecule has 1 rings (SSSR count). The first kappa shape index (κ1) is 17.1. The van der Waals surface area contributed by atoms with Crippen molar-refractivity contribution in [2.75, 3.05) is 19.7 Å². The van der Waals surface area contributed by atoms with Gasteiger partial charge in [-0.15, -0.1) is 0 Å². The molecule has 1 aliphatic rings. The van der Waals surface area contributed by atoms with Gasteiger partial charge in [-0.25, -0.2) is 4.79 Å². The van der Waals surface area contributed by atoms with E-state index in [9.17, 15) is 4.79 Å². The third-order valence-corrected chi connectivity index (χ3v) is 8.70. The molecule has 0 N–H and O–H groups in total. The second-order valence-electron chi connectivity index (χ2n) is 5.30. The maximum Gasteiger partial charge on any atom is 0.373 e. The molecular formula is C15H29NO3Si. The number of carbonyl (C=O) groups is 1. The van der Waals surface area contributed by atoms with E-state index in [0.29, 0.717) is 12.4 Å². The molecule has 0 amide bonds. The Hall–Kier alpha value is -0.973. The maximum atomic E-state index is 12.1. The lowest BCUT2D eigenvalue weighted by molar-refractivity contribution is -0.141. The van der Waals surface area contributed by atoms with E-state index in [1.54, 1.807) is 0 Å². The normalized spacial score (nSPS) is 16.4. The summed E-state index contributed by atoms with van der Waals surface area (Å²) in [5.41, 5.74) is 0. The zero-order valence-corrected chi connectivity index (χ0v) is 14.4. The Kier molecular flexibility index (Phi) is 7.13. The van der Waals surface area contributed by atoms with Gasteiger partial charge in [-0.05, 0) is 37.9 Å². The molecule has 0 aromatic carbocycles. The quantitative estimate of drug-likeness (QED) is 0.297. The first-order chi connectivity index (χ1) is 9.60. The van der Waals surface area contributed by atoms with Gasteiger partial charge in [0.2, 0.25) is 5.76 Å². The van der Waals surface area contributed by atoms with E-state index < -0.39 is 8.32 Å². The van der Waals surface area contributed by atoms with Gasteiger partial charge in [0.05, 0.1) is 6.61 Å². The summed E-state index contributed by atoms with van der Waals surface area (Å²) in [6.07, 6.45) is 4.25. The number of hydrogen-bond donors (Lipinski definition) is 0. The van der Waals surface area contributed by atoms with Crippen molar-refractivity contribution < 1.29 is 14.0 Å². The van der Waals surface area contributed by atoms with Crippen molar-refractivity contribution >= 4 is 14.3 Å². The van der Waals surface area contributed by atoms with Gasteiger partial charge >= 0.3 is 5.97 Å². The summed E-state index contributed by atoms with van der Waals surface area (Å²) < 4.78 is 11.4. The highest BCUT2D eigenvalue weighted by atomic mass is 28.4. The fourth-order valence-electron chi connectivity index (χ4n) is 2.56. The lowest BCUT2D eigenvalue weighted by Gasteiger charge is -2.30. The molecule has 0 aromatic heterocycles. The number of carbonyl (C=O) groups excluding carboxylic acids is 1. The molecule has 116 valence electrons. The predicted octanol–water partition coefficient (Wildman–Crippen LogP) is 3.51. The van der Waals surface area contributed by atoms with Crippen LogP contribution in [0, 0.1) is 0 Å². The van der Waals surface area contributed by atoms with Crippen LogP contribution in [0.5, 0.6) is 0 Å². The summed E-state index contributed by atoms with van der Waals surface area (Å²) >= 11 is 0. The zero-order chi connectivity index (χ0) is 15.0. The highest BCUT2D eigenvalue weighted by Gasteiger charge is 2.34. The molecule has 0 saturated carbocycles. The van der Waals surface area contributed by atoms with Crippen LogP contribution in [0.2, 0.25) is 18.1 Å². The van der Waals surface area contributed by atoms with E-state index in [2.05, 4.69) is 25.7 Å². The van der Waals surface area contributed by atoms with Crippen molar-refractivity contribution in [1.29, 1.82) is 0 Å². The Morgan fingerprint density at radius 3 is 2.10 bits per heavy atom. The zero-order valence-electron chi connectivity index (χ0n) is 13.4. The smallest absolute Gasteiger partial charge is 0.373 e. The van der Waals surface area contributed by atoms with Gasteiger partial charge in [0, 0.05) is 19.3 Å². The van der Waals surface area contributed by atoms with Crippen molar-refractivity contribution in [3.63, 3.8) is 0 Å². The molecule has 0 aromatic rings. The molecule has 1 aliphatic heterocycles. The topological polar surface area (TPSA) is 38.8 Å². The Labute approximate surface area is 124 Å². The van der Waals surface area contributed by atoms with E-state index in [1.807, 2.05) is 13.1 Å². The molecule has 0 spiro atoms. The van der Waals surface area contributed by atoms with Crippen molar-refractivity contribution in [3.05, 3.63) is 12.0 Å². The SMILES string of the molecule is CCOC(=O)/C(=C/N1CCCC1)O[Si](CC)(CC)CC. The molecule has 0 radical (unpaired) electrons. The average Bonchev–Trinajstić information content (AvgIpc) is 2.97. The van der Waals surface area contributed by atoms with E-state index in [0.717, 1.165) is 31.2 Å². The highest BCUT2D eigenvalue weighted by Crippen LogP contribution is 2.26. The van der Waals surface area contributed by atoms with Crippen molar-refractivity contribution in [2.45, 2.75) is 58.7 Å². The minimum absolute atomic E-state index is 0.313. The van der Waals surface area contributed by atoms with Gasteiger partial charge in [-0.3, -0.25) is 0 Å². The van der Waals surface area contributed by atoms with Crippen LogP contribution in [-0.4, -0.2) is 38.9 Å². The minimum atomic E-state index is -1.84. The Morgan fingerprint density at radius 2 is 1.65 bits per heavy atom. The molecule has 1 saturated heterocycles. The van der Waals surface area contributed by atoms with E-state index in [1.165, 1.54) is 12.8 Å². The second kappa shape index (κ2) is 8.34. The van der Waals surface area contributed by atoms with Crippen LogP contribution in [0.15, 0.2) is 12.0 Å². The van der Waals surface area contributed by atoms with Gasteiger partial charge in [0.1, 0.15) is 0 Å². The van der Waals surface area contributed by atoms with Crippen LogP contribution in [0.25, 0.3) is 0 Å². The number of likely N-dealkylation sites (tertiary alicyclic amines) is 1. The fraction of sp³-hybridized carbons (Fsp3) is 0.800. The average molecular weight is 299 g/mol. The summed E-state index contributed by atoms with van der Waals surface area (Å²) in [7, 11) is -1.84. The third kappa shape index (κ3) is 4.54. The molecule has 1 fully saturated rings. The fourth-order valence-corrected chi connectivity index (χ4v) is 5.09. The van der Waals surface area contributed by atoms with Gasteiger partial charge in [0.15, 0.2) is 0 Å². The monoisotopic (exact) mass is 299 g/mol. The van der Waals surface area contributed by atoms with Gasteiger partial charge in [-0.2, -0.15) is 0 Å². The first-order valence-corrected chi connectivity index (χ1v) is 10.5. The Balaban J connectivity index is 2.88. The molecule has 0 unspecified atom stereocenters. The van der Waals surface area contributed by atoms with E-state index in [-0.39, 0.29) is 5.97 Å². The van der Waals surface area contributed by atoms with Crippen molar-refractivity contribution in [3.8, 4) is 0 Å². The number of esters is 1. The molecule has 20 heavy (non-hydrogen) atoms. The number of ether oxygens (including phenoxy) is 1. The third-order valence-electron chi connectivity index (χ3n) is 4.18. The van der Waals surface area contributed by atoms with Crippen molar-refractivity contribution in [1.82, 2.24) is 4.90 Å². The largest absolute Gasteiger partial charge is 0.538 e. The lowest BCUT2D eigenvalue weighted by Crippen LogP contribution is -2.37. The number of nitrogens with zero attached hydrogens (tertiary/aromatic N) is 1. The second-order valence-corrected chi connectivity index (χ2v) is 9.99. The molecule has 1 heterocycles. The molecule has 0 atom stereocenters. The predicted molar refractivity (Wildman–Crippen MR) is 83.8 cm³/mol. The lowest BCUT2D eigenvalue weighted by atomic mass is 10.4. The maximum absolute atomic E-state index is 12.1. The summed E-state index contributed by atoms with van der Waals surface area (Å²) in [5, 5.41) is 0. The minimum Gasteiger partial charge on any atom is -0.538 e. The van der Waals surface area contributed by atoms with Crippen LogP contribution in [-0.2, 0) is 14.0 Å². The Bertz CT molecular complexity index is 326. The van der Waals surface area contributed by atoms with Gasteiger partial charge in [-0.1, -0.05) is 20.8 Å². The van der Waals surface area contributed by atoms with E-state index in [4.69, 9.17) is 9.16 Å². The van der Waals surface area contributed by atoms with Crippen LogP contribution < -0.4 is 0 Å². The van der Waals surface area contributed by atoms with Crippen LogP contribution >= 0.6 is 0 Å². The standard InChI is InChI=1S/C15H29NO3Si/c1-5-18-15(17)14(13-16-11-9-10-12-16)19-20(6-2,7-3)8-4/h13H,5-12H2,1-4H3/b14-13-. The Morgan fingerprint density at radius 1 is 1.10 bits per heavy atom. The summed E-state index contributed by atoms with van der Waals surface area (Å²) in [4.78, 5) is 14.3. The van der Waals surface area contributed by atoms with Crippen LogP contribution in [0.3, 0.4) is 0 Å². The molecule has 5 heteroatoms. The van der Waals surface area contributed by atoms with Crippen molar-refractivity contribution in [2.24, 2.45) is 0 Å². The first-order valence-electron chi connectivity index (χ1n) is 7.92. The molecular weight excluding hydrogens is 270 g/mol. The number of rotatable bonds is 8.